The van der Waals surface area contributed by atoms with Crippen LogP contribution in [0.2, 0.25) is 0 Å². The highest BCUT2D eigenvalue weighted by Gasteiger charge is 2.30. The molecule has 4 aromatic rings. The standard InChI is InChI=1S/C21H18F3N7O2/c1-11-17(12(2)29-28-11)27-20(32)19-25-10-16(18(26-19)15-8-9-31(3)30-15)33-14-6-4-13(5-7-14)21(22,23)24/h4-10H,1-3H3,(H,27,32)(H,28,29). The zero-order valence-electron chi connectivity index (χ0n) is 17.7. The first kappa shape index (κ1) is 22.0. The molecule has 0 aliphatic rings. The van der Waals surface area contributed by atoms with Crippen molar-refractivity contribution in [1.82, 2.24) is 29.9 Å². The minimum atomic E-state index is -4.46. The lowest BCUT2D eigenvalue weighted by atomic mass is 10.2. The third-order valence-corrected chi connectivity index (χ3v) is 4.69. The first-order valence-electron chi connectivity index (χ1n) is 9.67. The topological polar surface area (TPSA) is 111 Å². The van der Waals surface area contributed by atoms with Gasteiger partial charge < -0.3 is 10.1 Å². The molecule has 0 unspecified atom stereocenters. The third-order valence-electron chi connectivity index (χ3n) is 4.69. The monoisotopic (exact) mass is 457 g/mol. The van der Waals surface area contributed by atoms with E-state index in [0.29, 0.717) is 22.8 Å². The van der Waals surface area contributed by atoms with Crippen LogP contribution in [0.5, 0.6) is 11.5 Å². The van der Waals surface area contributed by atoms with E-state index in [4.69, 9.17) is 4.74 Å². The number of aryl methyl sites for hydroxylation is 3. The fourth-order valence-electron chi connectivity index (χ4n) is 3.02. The molecule has 0 aliphatic heterocycles. The Morgan fingerprint density at radius 2 is 1.88 bits per heavy atom. The number of ether oxygens (including phenoxy) is 1. The molecular weight excluding hydrogens is 439 g/mol. The number of benzene rings is 1. The minimum Gasteiger partial charge on any atom is -0.453 e. The van der Waals surface area contributed by atoms with Gasteiger partial charge in [-0.15, -0.1) is 0 Å². The molecule has 0 spiro atoms. The molecule has 0 fully saturated rings. The highest BCUT2D eigenvalue weighted by molar-refractivity contribution is 6.02. The number of anilines is 1. The molecule has 2 N–H and O–H groups in total. The second kappa shape index (κ2) is 8.37. The molecule has 0 saturated carbocycles. The van der Waals surface area contributed by atoms with Crippen molar-refractivity contribution in [3.05, 3.63) is 65.5 Å². The van der Waals surface area contributed by atoms with Crippen molar-refractivity contribution in [2.75, 3.05) is 5.32 Å². The average molecular weight is 457 g/mol. The van der Waals surface area contributed by atoms with Gasteiger partial charge in [-0.2, -0.15) is 23.4 Å². The lowest BCUT2D eigenvalue weighted by Gasteiger charge is -2.12. The van der Waals surface area contributed by atoms with Gasteiger partial charge in [-0.05, 0) is 44.2 Å². The summed E-state index contributed by atoms with van der Waals surface area (Å²) in [5.41, 5.74) is 1.60. The number of amides is 1. The smallest absolute Gasteiger partial charge is 0.416 e. The minimum absolute atomic E-state index is 0.126. The molecule has 33 heavy (non-hydrogen) atoms. The number of hydrogen-bond donors (Lipinski definition) is 2. The van der Waals surface area contributed by atoms with Crippen LogP contribution in [0.4, 0.5) is 18.9 Å². The van der Waals surface area contributed by atoms with Gasteiger partial charge in [0.1, 0.15) is 17.1 Å². The van der Waals surface area contributed by atoms with E-state index >= 15 is 0 Å². The van der Waals surface area contributed by atoms with Crippen molar-refractivity contribution in [1.29, 1.82) is 0 Å². The summed E-state index contributed by atoms with van der Waals surface area (Å²) in [6, 6.07) is 5.86. The van der Waals surface area contributed by atoms with E-state index in [0.717, 1.165) is 12.1 Å². The van der Waals surface area contributed by atoms with Gasteiger partial charge in [-0.25, -0.2) is 9.97 Å². The third kappa shape index (κ3) is 4.68. The summed E-state index contributed by atoms with van der Waals surface area (Å²) in [4.78, 5) is 21.1. The van der Waals surface area contributed by atoms with Gasteiger partial charge in [0.25, 0.3) is 5.91 Å². The van der Waals surface area contributed by atoms with Gasteiger partial charge in [0, 0.05) is 13.2 Å². The number of nitrogens with one attached hydrogen (secondary N) is 2. The van der Waals surface area contributed by atoms with Crippen LogP contribution in [-0.4, -0.2) is 35.9 Å². The summed E-state index contributed by atoms with van der Waals surface area (Å²) >= 11 is 0. The van der Waals surface area contributed by atoms with Gasteiger partial charge in [-0.3, -0.25) is 14.6 Å². The summed E-state index contributed by atoms with van der Waals surface area (Å²) in [6.07, 6.45) is -1.50. The first-order chi connectivity index (χ1) is 15.6. The Kier molecular flexibility index (Phi) is 5.58. The summed E-state index contributed by atoms with van der Waals surface area (Å²) in [7, 11) is 1.71. The molecule has 9 nitrogen and oxygen atoms in total. The zero-order valence-corrected chi connectivity index (χ0v) is 17.7. The molecule has 3 aromatic heterocycles. The maximum atomic E-state index is 12.8. The molecule has 0 saturated heterocycles. The maximum Gasteiger partial charge on any atom is 0.416 e. The van der Waals surface area contributed by atoms with E-state index in [9.17, 15) is 18.0 Å². The molecule has 0 atom stereocenters. The van der Waals surface area contributed by atoms with Crippen molar-refractivity contribution in [3.8, 4) is 22.9 Å². The number of aromatic amines is 1. The number of halogens is 3. The second-order valence-corrected chi connectivity index (χ2v) is 7.17. The number of nitrogens with zero attached hydrogens (tertiary/aromatic N) is 5. The van der Waals surface area contributed by atoms with E-state index in [2.05, 4.69) is 30.6 Å². The van der Waals surface area contributed by atoms with Crippen LogP contribution in [0.15, 0.2) is 42.7 Å². The van der Waals surface area contributed by atoms with Crippen LogP contribution in [0, 0.1) is 13.8 Å². The Morgan fingerprint density at radius 3 is 2.45 bits per heavy atom. The SMILES string of the molecule is Cc1n[nH]c(C)c1NC(=O)c1ncc(Oc2ccc(C(F)(F)F)cc2)c(-c2ccn(C)n2)n1. The second-order valence-electron chi connectivity index (χ2n) is 7.17. The van der Waals surface area contributed by atoms with Crippen LogP contribution >= 0.6 is 0 Å². The molecule has 0 bridgehead atoms. The molecule has 0 radical (unpaired) electrons. The fourth-order valence-corrected chi connectivity index (χ4v) is 3.02. The molecule has 4 rings (SSSR count). The zero-order chi connectivity index (χ0) is 23.8. The van der Waals surface area contributed by atoms with Crippen LogP contribution in [0.25, 0.3) is 11.4 Å². The van der Waals surface area contributed by atoms with Crippen molar-refractivity contribution >= 4 is 11.6 Å². The molecule has 3 heterocycles. The number of H-pyrrole nitrogens is 1. The fraction of sp³-hybridized carbons (Fsp3) is 0.190. The van der Waals surface area contributed by atoms with Crippen LogP contribution in [-0.2, 0) is 13.2 Å². The van der Waals surface area contributed by atoms with Crippen molar-refractivity contribution in [2.24, 2.45) is 7.05 Å². The Labute approximate surface area is 185 Å². The number of rotatable bonds is 5. The van der Waals surface area contributed by atoms with Crippen molar-refractivity contribution in [2.45, 2.75) is 20.0 Å². The number of hydrogen-bond acceptors (Lipinski definition) is 6. The summed E-state index contributed by atoms with van der Waals surface area (Å²) in [6.45, 7) is 3.50. The summed E-state index contributed by atoms with van der Waals surface area (Å²) in [5.74, 6) is -0.442. The van der Waals surface area contributed by atoms with Crippen molar-refractivity contribution in [3.63, 3.8) is 0 Å². The van der Waals surface area contributed by atoms with Crippen molar-refractivity contribution < 1.29 is 22.7 Å². The summed E-state index contributed by atoms with van der Waals surface area (Å²) < 4.78 is 45.7. The highest BCUT2D eigenvalue weighted by Crippen LogP contribution is 2.34. The lowest BCUT2D eigenvalue weighted by molar-refractivity contribution is -0.137. The molecule has 12 heteroatoms. The van der Waals surface area contributed by atoms with Gasteiger partial charge in [0.05, 0.1) is 28.8 Å². The Balaban J connectivity index is 1.67. The van der Waals surface area contributed by atoms with Gasteiger partial charge >= 0.3 is 6.18 Å². The molecule has 1 amide bonds. The Bertz CT molecular complexity index is 1290. The predicted molar refractivity (Wildman–Crippen MR) is 112 cm³/mol. The molecule has 0 aliphatic carbocycles. The Hall–Kier alpha value is -4.22. The first-order valence-corrected chi connectivity index (χ1v) is 9.67. The summed E-state index contributed by atoms with van der Waals surface area (Å²) in [5, 5.41) is 13.8. The maximum absolute atomic E-state index is 12.8. The van der Waals surface area contributed by atoms with E-state index in [1.807, 2.05) is 0 Å². The van der Waals surface area contributed by atoms with Crippen LogP contribution in [0.1, 0.15) is 27.6 Å². The van der Waals surface area contributed by atoms with Crippen LogP contribution < -0.4 is 10.1 Å². The quantitative estimate of drug-likeness (QED) is 0.463. The van der Waals surface area contributed by atoms with E-state index < -0.39 is 17.6 Å². The average Bonchev–Trinajstić information content (AvgIpc) is 3.34. The highest BCUT2D eigenvalue weighted by atomic mass is 19.4. The number of alkyl halides is 3. The van der Waals surface area contributed by atoms with E-state index in [1.165, 1.54) is 23.0 Å². The molecule has 1 aromatic carbocycles. The molecule has 170 valence electrons. The number of carbonyl (C=O) groups is 1. The lowest BCUT2D eigenvalue weighted by Crippen LogP contribution is -2.17. The molecular formula is C21H18F3N7O2. The normalized spacial score (nSPS) is 11.5. The van der Waals surface area contributed by atoms with Gasteiger partial charge in [-0.1, -0.05) is 0 Å². The number of carbonyl (C=O) groups excluding carboxylic acids is 1. The Morgan fingerprint density at radius 1 is 1.15 bits per heavy atom. The van der Waals surface area contributed by atoms with Gasteiger partial charge in [0.2, 0.25) is 5.82 Å². The van der Waals surface area contributed by atoms with Gasteiger partial charge in [0.15, 0.2) is 5.75 Å². The van der Waals surface area contributed by atoms with E-state index in [-0.39, 0.29) is 23.0 Å². The largest absolute Gasteiger partial charge is 0.453 e. The van der Waals surface area contributed by atoms with Crippen LogP contribution in [0.3, 0.4) is 0 Å². The number of aromatic nitrogens is 6. The predicted octanol–water partition coefficient (Wildman–Crippen LogP) is 4.28. The van der Waals surface area contributed by atoms with E-state index in [1.54, 1.807) is 33.2 Å².